The van der Waals surface area contributed by atoms with E-state index >= 15 is 0 Å². The van der Waals surface area contributed by atoms with Crippen molar-refractivity contribution in [1.82, 2.24) is 0 Å². The second-order valence-electron chi connectivity index (χ2n) is 4.50. The first kappa shape index (κ1) is 11.5. The van der Waals surface area contributed by atoms with E-state index in [0.717, 1.165) is 0 Å². The van der Waals surface area contributed by atoms with Gasteiger partial charge in [-0.15, -0.1) is 0 Å². The van der Waals surface area contributed by atoms with Crippen LogP contribution in [0.5, 0.6) is 17.2 Å². The van der Waals surface area contributed by atoms with Gasteiger partial charge in [-0.3, -0.25) is 4.79 Å². The van der Waals surface area contributed by atoms with Crippen LogP contribution < -0.4 is 9.47 Å². The highest BCUT2D eigenvalue weighted by Gasteiger charge is 2.54. The van der Waals surface area contributed by atoms with Crippen molar-refractivity contribution >= 4 is 17.6 Å². The number of hydrogen-bond donors (Lipinski definition) is 2. The maximum absolute atomic E-state index is 11.3. The van der Waals surface area contributed by atoms with E-state index in [0.29, 0.717) is 37.4 Å². The number of carboxylic acids is 1. The number of carboxylic acid groups (broad SMARTS) is 1. The smallest absolute Gasteiger partial charge is 0.314 e. The Hall–Kier alpha value is -1.62. The molecule has 0 bridgehead atoms. The second-order valence-corrected chi connectivity index (χ2v) is 4.88. The van der Waals surface area contributed by atoms with Gasteiger partial charge in [0.1, 0.15) is 24.0 Å². The lowest BCUT2D eigenvalue weighted by molar-refractivity contribution is -0.140. The fourth-order valence-corrected chi connectivity index (χ4v) is 2.47. The highest BCUT2D eigenvalue weighted by atomic mass is 35.5. The number of aliphatic carboxylic acids is 1. The molecule has 0 spiro atoms. The van der Waals surface area contributed by atoms with Gasteiger partial charge >= 0.3 is 5.97 Å². The molecule has 96 valence electrons. The maximum Gasteiger partial charge on any atom is 0.314 e. The van der Waals surface area contributed by atoms with Gasteiger partial charge in [0.15, 0.2) is 11.5 Å². The third-order valence-electron chi connectivity index (χ3n) is 3.42. The van der Waals surface area contributed by atoms with E-state index in [2.05, 4.69) is 0 Å². The standard InChI is InChI=1S/C12H11ClO5/c13-8-9(14)6(12(1-2-12)11(15)16)5-7-10(8)18-4-3-17-7/h5,14H,1-4H2,(H,15,16). The Morgan fingerprint density at radius 1 is 1.33 bits per heavy atom. The van der Waals surface area contributed by atoms with Crippen LogP contribution in [-0.2, 0) is 10.2 Å². The van der Waals surface area contributed by atoms with Gasteiger partial charge < -0.3 is 19.7 Å². The monoisotopic (exact) mass is 270 g/mol. The van der Waals surface area contributed by atoms with Crippen molar-refractivity contribution in [3.05, 3.63) is 16.7 Å². The molecule has 3 rings (SSSR count). The van der Waals surface area contributed by atoms with Gasteiger partial charge in [0.2, 0.25) is 0 Å². The van der Waals surface area contributed by atoms with Crippen molar-refractivity contribution in [3.8, 4) is 17.2 Å². The molecule has 1 fully saturated rings. The summed E-state index contributed by atoms with van der Waals surface area (Å²) in [5.74, 6) is -0.497. The fourth-order valence-electron chi connectivity index (χ4n) is 2.22. The maximum atomic E-state index is 11.3. The van der Waals surface area contributed by atoms with Crippen molar-refractivity contribution in [3.63, 3.8) is 0 Å². The molecule has 1 aromatic carbocycles. The highest BCUT2D eigenvalue weighted by Crippen LogP contribution is 2.56. The van der Waals surface area contributed by atoms with Crippen molar-refractivity contribution in [2.45, 2.75) is 18.3 Å². The van der Waals surface area contributed by atoms with E-state index in [9.17, 15) is 15.0 Å². The molecule has 2 aliphatic rings. The zero-order chi connectivity index (χ0) is 12.9. The van der Waals surface area contributed by atoms with Crippen LogP contribution in [-0.4, -0.2) is 29.4 Å². The Morgan fingerprint density at radius 3 is 2.61 bits per heavy atom. The van der Waals surface area contributed by atoms with Crippen molar-refractivity contribution < 1.29 is 24.5 Å². The average molecular weight is 271 g/mol. The lowest BCUT2D eigenvalue weighted by atomic mass is 9.94. The summed E-state index contributed by atoms with van der Waals surface area (Å²) < 4.78 is 10.7. The molecule has 1 heterocycles. The molecule has 6 heteroatoms. The van der Waals surface area contributed by atoms with Gasteiger partial charge in [-0.05, 0) is 18.9 Å². The minimum absolute atomic E-state index is 0.0229. The summed E-state index contributed by atoms with van der Waals surface area (Å²) in [5.41, 5.74) is -0.715. The van der Waals surface area contributed by atoms with Crippen molar-refractivity contribution in [2.24, 2.45) is 0 Å². The van der Waals surface area contributed by atoms with Crippen LogP contribution in [0.2, 0.25) is 5.02 Å². The predicted molar refractivity (Wildman–Crippen MR) is 62.7 cm³/mol. The number of carbonyl (C=O) groups is 1. The summed E-state index contributed by atoms with van der Waals surface area (Å²) >= 11 is 6.01. The number of hydrogen-bond acceptors (Lipinski definition) is 4. The van der Waals surface area contributed by atoms with Gasteiger partial charge in [-0.2, -0.15) is 0 Å². The van der Waals surface area contributed by atoms with E-state index < -0.39 is 11.4 Å². The highest BCUT2D eigenvalue weighted by molar-refractivity contribution is 6.34. The Labute approximate surface area is 108 Å². The molecular weight excluding hydrogens is 260 g/mol. The van der Waals surface area contributed by atoms with Crippen LogP contribution in [0, 0.1) is 0 Å². The molecule has 1 aromatic rings. The first-order valence-electron chi connectivity index (χ1n) is 5.61. The Balaban J connectivity index is 2.17. The lowest BCUT2D eigenvalue weighted by Gasteiger charge is -2.23. The summed E-state index contributed by atoms with van der Waals surface area (Å²) in [4.78, 5) is 11.3. The number of aromatic hydroxyl groups is 1. The Kier molecular flexibility index (Phi) is 2.35. The molecule has 1 aliphatic heterocycles. The van der Waals surface area contributed by atoms with Gasteiger partial charge in [0.25, 0.3) is 0 Å². The summed E-state index contributed by atoms with van der Waals surface area (Å²) in [6, 6.07) is 1.52. The van der Waals surface area contributed by atoms with E-state index in [-0.39, 0.29) is 16.5 Å². The molecule has 1 aliphatic carbocycles. The zero-order valence-electron chi connectivity index (χ0n) is 9.40. The van der Waals surface area contributed by atoms with Crippen molar-refractivity contribution in [2.75, 3.05) is 13.2 Å². The van der Waals surface area contributed by atoms with Crippen LogP contribution in [0.1, 0.15) is 18.4 Å². The molecule has 0 unspecified atom stereocenters. The number of benzene rings is 1. The minimum Gasteiger partial charge on any atom is -0.506 e. The number of fused-ring (bicyclic) bond motifs is 1. The molecule has 2 N–H and O–H groups in total. The Morgan fingerprint density at radius 2 is 2.00 bits per heavy atom. The third-order valence-corrected chi connectivity index (χ3v) is 3.77. The number of rotatable bonds is 2. The van der Waals surface area contributed by atoms with E-state index in [1.807, 2.05) is 0 Å². The Bertz CT molecular complexity index is 536. The van der Waals surface area contributed by atoms with Crippen LogP contribution in [0.4, 0.5) is 0 Å². The first-order valence-corrected chi connectivity index (χ1v) is 5.99. The molecule has 0 aromatic heterocycles. The van der Waals surface area contributed by atoms with E-state index in [4.69, 9.17) is 21.1 Å². The number of ether oxygens (including phenoxy) is 2. The zero-order valence-corrected chi connectivity index (χ0v) is 10.2. The van der Waals surface area contributed by atoms with Gasteiger partial charge in [0, 0.05) is 5.56 Å². The molecule has 1 saturated carbocycles. The van der Waals surface area contributed by atoms with Gasteiger partial charge in [-0.1, -0.05) is 11.6 Å². The minimum atomic E-state index is -1.02. The summed E-state index contributed by atoms with van der Waals surface area (Å²) in [7, 11) is 0. The summed E-state index contributed by atoms with van der Waals surface area (Å²) in [5, 5.41) is 19.3. The first-order chi connectivity index (χ1) is 8.56. The lowest BCUT2D eigenvalue weighted by Crippen LogP contribution is -2.21. The second kappa shape index (κ2) is 3.68. The van der Waals surface area contributed by atoms with Crippen LogP contribution in [0.3, 0.4) is 0 Å². The topological polar surface area (TPSA) is 76.0 Å². The van der Waals surface area contributed by atoms with E-state index in [1.54, 1.807) is 0 Å². The van der Waals surface area contributed by atoms with Crippen LogP contribution in [0.25, 0.3) is 0 Å². The SMILES string of the molecule is O=C(O)C1(c2cc3c(c(Cl)c2O)OCCO3)CC1. The third kappa shape index (κ3) is 1.43. The molecule has 5 nitrogen and oxygen atoms in total. The molecule has 0 radical (unpaired) electrons. The normalized spacial score (nSPS) is 19.4. The molecule has 0 atom stereocenters. The van der Waals surface area contributed by atoms with Gasteiger partial charge in [0.05, 0.1) is 5.41 Å². The predicted octanol–water partition coefficient (Wildman–Crippen LogP) is 1.93. The van der Waals surface area contributed by atoms with Crippen molar-refractivity contribution in [1.29, 1.82) is 0 Å². The quantitative estimate of drug-likeness (QED) is 0.859. The summed E-state index contributed by atoms with van der Waals surface area (Å²) in [6.07, 6.45) is 0.984. The van der Waals surface area contributed by atoms with E-state index in [1.165, 1.54) is 6.07 Å². The largest absolute Gasteiger partial charge is 0.506 e. The molecule has 0 saturated heterocycles. The molecular formula is C12H11ClO5. The fraction of sp³-hybridized carbons (Fsp3) is 0.417. The van der Waals surface area contributed by atoms with Gasteiger partial charge in [-0.25, -0.2) is 0 Å². The molecule has 0 amide bonds. The number of phenolic OH excluding ortho intramolecular Hbond substituents is 1. The average Bonchev–Trinajstić information content (AvgIpc) is 3.15. The number of phenols is 1. The van der Waals surface area contributed by atoms with Crippen LogP contribution in [0.15, 0.2) is 6.07 Å². The molecule has 18 heavy (non-hydrogen) atoms. The summed E-state index contributed by atoms with van der Waals surface area (Å²) in [6.45, 7) is 0.739. The van der Waals surface area contributed by atoms with Crippen LogP contribution >= 0.6 is 11.6 Å². The number of halogens is 1.